The number of para-hydroxylation sites is 1. The van der Waals surface area contributed by atoms with Crippen LogP contribution in [0.25, 0.3) is 0 Å². The second-order valence-electron chi connectivity index (χ2n) is 1.68. The smallest absolute Gasteiger partial charge is 1.00 e. The minimum Gasteiger partial charge on any atom is -1.00 e. The maximum atomic E-state index is 9.95. The molecule has 1 aromatic rings. The number of rotatable bonds is 1. The van der Waals surface area contributed by atoms with Gasteiger partial charge in [-0.2, -0.15) is 0 Å². The Balaban J connectivity index is 0. The van der Waals surface area contributed by atoms with Crippen molar-refractivity contribution in [3.8, 4) is 5.75 Å². The van der Waals surface area contributed by atoms with E-state index in [4.69, 9.17) is 5.11 Å². The van der Waals surface area contributed by atoms with Gasteiger partial charge < -0.3 is 11.3 Å². The quantitative estimate of drug-likeness (QED) is 0.322. The Morgan fingerprint density at radius 3 is 2.36 bits per heavy atom. The monoisotopic (exact) mass is 162 g/mol. The van der Waals surface area contributed by atoms with Gasteiger partial charge in [0.25, 0.3) is 0 Å². The first kappa shape index (κ1) is 10.5. The van der Waals surface area contributed by atoms with Crippen LogP contribution in [0.15, 0.2) is 30.3 Å². The molecule has 11 heavy (non-hydrogen) atoms. The Kier molecular flexibility index (Phi) is 4.94. The summed E-state index contributed by atoms with van der Waals surface area (Å²) in [6.45, 7) is 0. The molecule has 1 aromatic carbocycles. The molecule has 0 aromatic heterocycles. The summed E-state index contributed by atoms with van der Waals surface area (Å²) < 4.78 is 4.33. The topological polar surface area (TPSA) is 46.5 Å². The van der Waals surface area contributed by atoms with Gasteiger partial charge in [0.2, 0.25) is 0 Å². The first-order chi connectivity index (χ1) is 4.79. The molecule has 3 nitrogen and oxygen atoms in total. The van der Waals surface area contributed by atoms with Crippen molar-refractivity contribution < 1.29 is 45.6 Å². The van der Waals surface area contributed by atoms with Gasteiger partial charge in [0, 0.05) is 0 Å². The Morgan fingerprint density at radius 1 is 1.36 bits per heavy atom. The number of hydrogen-bond acceptors (Lipinski definition) is 2. The van der Waals surface area contributed by atoms with E-state index in [9.17, 15) is 4.79 Å². The molecule has 0 unspecified atom stereocenters. The predicted molar refractivity (Wildman–Crippen MR) is 36.2 cm³/mol. The molecule has 4 heteroatoms. The van der Waals surface area contributed by atoms with Crippen LogP contribution in [0.4, 0.5) is 4.79 Å². The van der Waals surface area contributed by atoms with Gasteiger partial charge >= 0.3 is 35.7 Å². The van der Waals surface area contributed by atoms with Crippen LogP contribution in [-0.4, -0.2) is 11.3 Å². The van der Waals surface area contributed by atoms with E-state index in [2.05, 4.69) is 4.74 Å². The first-order valence-electron chi connectivity index (χ1n) is 2.75. The zero-order valence-electron chi connectivity index (χ0n) is 7.15. The molecule has 0 aliphatic heterocycles. The van der Waals surface area contributed by atoms with E-state index in [1.807, 2.05) is 0 Å². The van der Waals surface area contributed by atoms with Crippen molar-refractivity contribution in [1.82, 2.24) is 0 Å². The van der Waals surface area contributed by atoms with Crippen LogP contribution in [0.3, 0.4) is 0 Å². The fourth-order valence-electron chi connectivity index (χ4n) is 0.589. The summed E-state index contributed by atoms with van der Waals surface area (Å²) in [5.41, 5.74) is 0. The molecule has 1 rings (SSSR count). The maximum absolute atomic E-state index is 9.95. The van der Waals surface area contributed by atoms with Gasteiger partial charge in [-0.25, -0.2) is 4.79 Å². The molecule has 0 heterocycles. The van der Waals surface area contributed by atoms with Gasteiger partial charge in [-0.1, -0.05) is 18.2 Å². The molecular weight excluding hydrogens is 155 g/mol. The van der Waals surface area contributed by atoms with E-state index in [1.165, 1.54) is 0 Å². The van der Waals surface area contributed by atoms with Crippen LogP contribution in [0.2, 0.25) is 0 Å². The summed E-state index contributed by atoms with van der Waals surface area (Å²) >= 11 is 0. The summed E-state index contributed by atoms with van der Waals surface area (Å²) in [5, 5.41) is 8.14. The normalized spacial score (nSPS) is 8.00. The van der Waals surface area contributed by atoms with E-state index in [0.717, 1.165) is 0 Å². The van der Waals surface area contributed by atoms with Gasteiger partial charge in [-0.3, -0.25) is 0 Å². The zero-order valence-corrected chi connectivity index (χ0v) is 8.15. The summed E-state index contributed by atoms with van der Waals surface area (Å²) in [6.07, 6.45) is -1.29. The van der Waals surface area contributed by atoms with Crippen molar-refractivity contribution in [3.63, 3.8) is 0 Å². The van der Waals surface area contributed by atoms with E-state index in [0.29, 0.717) is 5.75 Å². The predicted octanol–water partition coefficient (Wildman–Crippen LogP) is -1.14. The Morgan fingerprint density at radius 2 is 1.91 bits per heavy atom. The van der Waals surface area contributed by atoms with Crippen molar-refractivity contribution in [2.24, 2.45) is 0 Å². The maximum Gasteiger partial charge on any atom is 1.00 e. The molecule has 0 bridgehead atoms. The van der Waals surface area contributed by atoms with E-state index < -0.39 is 6.16 Å². The zero-order chi connectivity index (χ0) is 7.40. The Bertz CT molecular complexity index is 227. The van der Waals surface area contributed by atoms with Gasteiger partial charge in [0.15, 0.2) is 0 Å². The average molecular weight is 162 g/mol. The second kappa shape index (κ2) is 5.18. The van der Waals surface area contributed by atoms with Crippen LogP contribution in [0.5, 0.6) is 5.75 Å². The van der Waals surface area contributed by atoms with Crippen LogP contribution in [0, 0.1) is 0 Å². The Hall–Kier alpha value is -0.510. The fourth-order valence-corrected chi connectivity index (χ4v) is 0.589. The van der Waals surface area contributed by atoms with Crippen LogP contribution in [-0.2, 0) is 0 Å². The number of hydrogen-bond donors (Lipinski definition) is 1. The standard InChI is InChI=1S/C7H6O3.Na.H/c8-7(9)10-6-4-2-1-3-5-6;;/h1-5H,(H,8,9);;/q;+1;-1. The third-order valence-electron chi connectivity index (χ3n) is 0.948. The molecule has 0 amide bonds. The van der Waals surface area contributed by atoms with Gasteiger partial charge in [0.1, 0.15) is 5.75 Å². The molecule has 0 radical (unpaired) electrons. The van der Waals surface area contributed by atoms with E-state index in [-0.39, 0.29) is 31.0 Å². The molecular formula is C7H7NaO3. The number of ether oxygens (including phenoxy) is 1. The minimum atomic E-state index is -1.29. The van der Waals surface area contributed by atoms with Crippen LogP contribution in [0.1, 0.15) is 1.43 Å². The van der Waals surface area contributed by atoms with Crippen molar-refractivity contribution in [3.05, 3.63) is 30.3 Å². The molecule has 0 atom stereocenters. The second-order valence-corrected chi connectivity index (χ2v) is 1.68. The van der Waals surface area contributed by atoms with Crippen molar-refractivity contribution >= 4 is 6.16 Å². The van der Waals surface area contributed by atoms with Gasteiger partial charge in [-0.15, -0.1) is 0 Å². The van der Waals surface area contributed by atoms with Crippen LogP contribution >= 0.6 is 0 Å². The van der Waals surface area contributed by atoms with Crippen molar-refractivity contribution in [1.29, 1.82) is 0 Å². The molecule has 1 N–H and O–H groups in total. The molecule has 0 saturated heterocycles. The molecule has 0 saturated carbocycles. The van der Waals surface area contributed by atoms with E-state index >= 15 is 0 Å². The third-order valence-corrected chi connectivity index (χ3v) is 0.948. The Labute approximate surface area is 87.8 Å². The molecule has 0 fully saturated rings. The van der Waals surface area contributed by atoms with Crippen molar-refractivity contribution in [2.75, 3.05) is 0 Å². The number of carboxylic acid groups (broad SMARTS) is 1. The van der Waals surface area contributed by atoms with Gasteiger partial charge in [-0.05, 0) is 12.1 Å². The summed E-state index contributed by atoms with van der Waals surface area (Å²) in [5.74, 6) is 0.343. The molecule has 54 valence electrons. The van der Waals surface area contributed by atoms with E-state index in [1.54, 1.807) is 30.3 Å². The molecule has 0 aliphatic rings. The summed E-state index contributed by atoms with van der Waals surface area (Å²) in [4.78, 5) is 9.95. The number of carbonyl (C=O) groups is 1. The van der Waals surface area contributed by atoms with Gasteiger partial charge in [0.05, 0.1) is 0 Å². The van der Waals surface area contributed by atoms with Crippen LogP contribution < -0.4 is 34.3 Å². The summed E-state index contributed by atoms with van der Waals surface area (Å²) in [6, 6.07) is 8.35. The minimum absolute atomic E-state index is 0. The first-order valence-corrected chi connectivity index (χ1v) is 2.75. The number of benzene rings is 1. The van der Waals surface area contributed by atoms with Crippen molar-refractivity contribution in [2.45, 2.75) is 0 Å². The largest absolute Gasteiger partial charge is 1.00 e. The third kappa shape index (κ3) is 4.03. The SMILES string of the molecule is O=C(O)Oc1ccccc1.[H-].[Na+]. The summed E-state index contributed by atoms with van der Waals surface area (Å²) in [7, 11) is 0. The molecule has 0 aliphatic carbocycles. The molecule has 0 spiro atoms. The fraction of sp³-hybridized carbons (Fsp3) is 0. The average Bonchev–Trinajstić information content (AvgIpc) is 1.88.